The van der Waals surface area contributed by atoms with Gasteiger partial charge in [-0.15, -0.1) is 0 Å². The largest absolute Gasteiger partial charge is 0.383 e. The van der Waals surface area contributed by atoms with Gasteiger partial charge in [0.05, 0.1) is 6.61 Å². The van der Waals surface area contributed by atoms with Crippen molar-refractivity contribution in [2.75, 3.05) is 20.3 Å². The fourth-order valence-electron chi connectivity index (χ4n) is 2.56. The van der Waals surface area contributed by atoms with Crippen molar-refractivity contribution < 1.29 is 9.53 Å². The van der Waals surface area contributed by atoms with Crippen molar-refractivity contribution in [1.29, 1.82) is 0 Å². The van der Waals surface area contributed by atoms with E-state index in [1.54, 1.807) is 7.11 Å². The fourth-order valence-corrected chi connectivity index (χ4v) is 2.56. The molecule has 0 heterocycles. The molecule has 0 bridgehead atoms. The minimum atomic E-state index is 0.177. The predicted octanol–water partition coefficient (Wildman–Crippen LogP) is 1.78. The van der Waals surface area contributed by atoms with E-state index in [2.05, 4.69) is 13.8 Å². The molecule has 1 unspecified atom stereocenters. The van der Waals surface area contributed by atoms with Crippen LogP contribution in [0.5, 0.6) is 0 Å². The molecule has 0 aromatic rings. The number of methoxy groups -OCH3 is 1. The standard InChI is InChI=1S/C14H28N2O2/c1-4-11(2)16(9-10-18-3)14(17)12-5-7-13(15)8-6-12/h11-13H,4-10,15H2,1-3H3. The average molecular weight is 256 g/mol. The zero-order chi connectivity index (χ0) is 13.5. The van der Waals surface area contributed by atoms with E-state index in [1.165, 1.54) is 0 Å². The van der Waals surface area contributed by atoms with Crippen LogP contribution in [-0.2, 0) is 9.53 Å². The lowest BCUT2D eigenvalue weighted by Crippen LogP contribution is -2.45. The molecule has 0 aromatic heterocycles. The molecule has 0 saturated heterocycles. The summed E-state index contributed by atoms with van der Waals surface area (Å²) in [6.07, 6.45) is 4.84. The third-order valence-corrected chi connectivity index (χ3v) is 4.06. The Balaban J connectivity index is 2.57. The third kappa shape index (κ3) is 4.25. The fraction of sp³-hybridized carbons (Fsp3) is 0.929. The molecule has 1 saturated carbocycles. The van der Waals surface area contributed by atoms with Gasteiger partial charge in [0.25, 0.3) is 0 Å². The van der Waals surface area contributed by atoms with Gasteiger partial charge in [0.1, 0.15) is 0 Å². The highest BCUT2D eigenvalue weighted by Crippen LogP contribution is 2.26. The third-order valence-electron chi connectivity index (χ3n) is 4.06. The van der Waals surface area contributed by atoms with Crippen molar-refractivity contribution in [3.63, 3.8) is 0 Å². The highest BCUT2D eigenvalue weighted by atomic mass is 16.5. The second-order valence-electron chi connectivity index (χ2n) is 5.39. The van der Waals surface area contributed by atoms with Crippen molar-refractivity contribution in [3.05, 3.63) is 0 Å². The Morgan fingerprint density at radius 1 is 1.39 bits per heavy atom. The summed E-state index contributed by atoms with van der Waals surface area (Å²) < 4.78 is 5.11. The number of carbonyl (C=O) groups is 1. The van der Waals surface area contributed by atoms with Crippen LogP contribution < -0.4 is 5.73 Å². The van der Waals surface area contributed by atoms with Crippen molar-refractivity contribution in [1.82, 2.24) is 4.90 Å². The van der Waals surface area contributed by atoms with E-state index in [0.29, 0.717) is 31.1 Å². The highest BCUT2D eigenvalue weighted by molar-refractivity contribution is 5.79. The molecule has 0 radical (unpaired) electrons. The van der Waals surface area contributed by atoms with Gasteiger partial charge < -0.3 is 15.4 Å². The van der Waals surface area contributed by atoms with Crippen LogP contribution in [0.1, 0.15) is 46.0 Å². The first-order valence-corrected chi connectivity index (χ1v) is 7.15. The number of nitrogens with two attached hydrogens (primary N) is 1. The molecular weight excluding hydrogens is 228 g/mol. The number of nitrogens with zero attached hydrogens (tertiary/aromatic N) is 1. The molecule has 0 aromatic carbocycles. The lowest BCUT2D eigenvalue weighted by atomic mass is 9.85. The Bertz CT molecular complexity index is 250. The smallest absolute Gasteiger partial charge is 0.226 e. The molecule has 1 fully saturated rings. The molecule has 1 rings (SSSR count). The van der Waals surface area contributed by atoms with E-state index in [0.717, 1.165) is 32.1 Å². The van der Waals surface area contributed by atoms with Gasteiger partial charge in [-0.1, -0.05) is 6.92 Å². The van der Waals surface area contributed by atoms with Crippen LogP contribution in [0.15, 0.2) is 0 Å². The summed E-state index contributed by atoms with van der Waals surface area (Å²) in [5, 5.41) is 0. The lowest BCUT2D eigenvalue weighted by Gasteiger charge is -2.34. The minimum absolute atomic E-state index is 0.177. The van der Waals surface area contributed by atoms with Crippen LogP contribution in [0.2, 0.25) is 0 Å². The molecule has 1 amide bonds. The van der Waals surface area contributed by atoms with Crippen LogP contribution in [0.3, 0.4) is 0 Å². The van der Waals surface area contributed by atoms with Crippen LogP contribution in [-0.4, -0.2) is 43.2 Å². The quantitative estimate of drug-likeness (QED) is 0.788. The van der Waals surface area contributed by atoms with Gasteiger partial charge in [-0.2, -0.15) is 0 Å². The zero-order valence-electron chi connectivity index (χ0n) is 12.0. The summed E-state index contributed by atoms with van der Waals surface area (Å²) in [5.41, 5.74) is 5.89. The maximum absolute atomic E-state index is 12.5. The lowest BCUT2D eigenvalue weighted by molar-refractivity contribution is -0.139. The Morgan fingerprint density at radius 3 is 2.50 bits per heavy atom. The number of rotatable bonds is 6. The van der Waals surface area contributed by atoms with Crippen LogP contribution in [0.4, 0.5) is 0 Å². The summed E-state index contributed by atoms with van der Waals surface area (Å²) >= 11 is 0. The topological polar surface area (TPSA) is 55.6 Å². The maximum atomic E-state index is 12.5. The van der Waals surface area contributed by atoms with E-state index < -0.39 is 0 Å². The van der Waals surface area contributed by atoms with E-state index in [4.69, 9.17) is 10.5 Å². The van der Waals surface area contributed by atoms with Crippen molar-refractivity contribution >= 4 is 5.91 Å². The van der Waals surface area contributed by atoms with E-state index in [9.17, 15) is 4.79 Å². The van der Waals surface area contributed by atoms with Gasteiger partial charge in [0.2, 0.25) is 5.91 Å². The van der Waals surface area contributed by atoms with Gasteiger partial charge in [-0.05, 0) is 39.0 Å². The highest BCUT2D eigenvalue weighted by Gasteiger charge is 2.29. The summed E-state index contributed by atoms with van der Waals surface area (Å²) in [7, 11) is 1.68. The van der Waals surface area contributed by atoms with Crippen LogP contribution in [0.25, 0.3) is 0 Å². The van der Waals surface area contributed by atoms with E-state index in [1.807, 2.05) is 4.90 Å². The molecule has 1 atom stereocenters. The number of hydrogen-bond acceptors (Lipinski definition) is 3. The molecule has 4 nitrogen and oxygen atoms in total. The first kappa shape index (κ1) is 15.4. The van der Waals surface area contributed by atoms with Gasteiger partial charge in [0.15, 0.2) is 0 Å². The monoisotopic (exact) mass is 256 g/mol. The molecule has 4 heteroatoms. The van der Waals surface area contributed by atoms with E-state index >= 15 is 0 Å². The molecular formula is C14H28N2O2. The zero-order valence-corrected chi connectivity index (χ0v) is 12.0. The van der Waals surface area contributed by atoms with Crippen molar-refractivity contribution in [3.8, 4) is 0 Å². The number of carbonyl (C=O) groups excluding carboxylic acids is 1. The van der Waals surface area contributed by atoms with Crippen molar-refractivity contribution in [2.45, 2.75) is 58.0 Å². The molecule has 0 spiro atoms. The van der Waals surface area contributed by atoms with E-state index in [-0.39, 0.29) is 5.92 Å². The molecule has 18 heavy (non-hydrogen) atoms. The number of ether oxygens (including phenoxy) is 1. The summed E-state index contributed by atoms with van der Waals surface area (Å²) in [6.45, 7) is 5.55. The Hall–Kier alpha value is -0.610. The van der Waals surface area contributed by atoms with Gasteiger partial charge >= 0.3 is 0 Å². The molecule has 2 N–H and O–H groups in total. The number of amides is 1. The molecule has 1 aliphatic rings. The van der Waals surface area contributed by atoms with Gasteiger partial charge in [-0.3, -0.25) is 4.79 Å². The Morgan fingerprint density at radius 2 is 2.00 bits per heavy atom. The summed E-state index contributed by atoms with van der Waals surface area (Å²) in [5.74, 6) is 0.476. The normalized spacial score (nSPS) is 25.8. The van der Waals surface area contributed by atoms with Crippen LogP contribution in [0, 0.1) is 5.92 Å². The first-order chi connectivity index (χ1) is 8.60. The second kappa shape index (κ2) is 7.74. The molecule has 106 valence electrons. The summed E-state index contributed by atoms with van der Waals surface area (Å²) in [6, 6.07) is 0.591. The summed E-state index contributed by atoms with van der Waals surface area (Å²) in [4.78, 5) is 14.5. The van der Waals surface area contributed by atoms with Crippen molar-refractivity contribution in [2.24, 2.45) is 11.7 Å². The second-order valence-corrected chi connectivity index (χ2v) is 5.39. The van der Waals surface area contributed by atoms with Gasteiger partial charge in [0, 0.05) is 31.7 Å². The maximum Gasteiger partial charge on any atom is 0.226 e. The Labute approximate surface area is 111 Å². The SMILES string of the molecule is CCC(C)N(CCOC)C(=O)C1CCC(N)CC1. The first-order valence-electron chi connectivity index (χ1n) is 7.15. The van der Waals surface area contributed by atoms with Gasteiger partial charge in [-0.25, -0.2) is 0 Å². The average Bonchev–Trinajstić information content (AvgIpc) is 2.39. The molecule has 1 aliphatic carbocycles. The predicted molar refractivity (Wildman–Crippen MR) is 73.3 cm³/mol. The Kier molecular flexibility index (Phi) is 6.65. The minimum Gasteiger partial charge on any atom is -0.383 e. The number of hydrogen-bond donors (Lipinski definition) is 1. The van der Waals surface area contributed by atoms with Crippen LogP contribution >= 0.6 is 0 Å². The molecule has 0 aliphatic heterocycles.